The molecule has 0 aliphatic heterocycles. The highest BCUT2D eigenvalue weighted by Gasteiger charge is 2.18. The van der Waals surface area contributed by atoms with E-state index in [0.717, 1.165) is 36.4 Å². The van der Waals surface area contributed by atoms with E-state index in [1.54, 1.807) is 0 Å². The van der Waals surface area contributed by atoms with Crippen LogP contribution in [0.2, 0.25) is 0 Å². The van der Waals surface area contributed by atoms with Crippen molar-refractivity contribution >= 4 is 5.78 Å². The number of Topliss-reactive ketones (excluding diaryl/α,β-unsaturated/α-hetero) is 1. The van der Waals surface area contributed by atoms with Crippen molar-refractivity contribution in [2.24, 2.45) is 0 Å². The van der Waals surface area contributed by atoms with Crippen molar-refractivity contribution in [3.63, 3.8) is 0 Å². The summed E-state index contributed by atoms with van der Waals surface area (Å²) < 4.78 is 57.5. The van der Waals surface area contributed by atoms with Gasteiger partial charge in [-0.05, 0) is 24.3 Å². The molecule has 0 aliphatic rings. The van der Waals surface area contributed by atoms with E-state index in [9.17, 15) is 22.4 Å². The number of hydrogen-bond acceptors (Lipinski definition) is 2. The Morgan fingerprint density at radius 1 is 0.950 bits per heavy atom. The van der Waals surface area contributed by atoms with Gasteiger partial charge >= 0.3 is 0 Å². The van der Waals surface area contributed by atoms with Crippen LogP contribution in [0.1, 0.15) is 10.4 Å². The zero-order valence-corrected chi connectivity index (χ0v) is 10.00. The van der Waals surface area contributed by atoms with Crippen LogP contribution in [0.15, 0.2) is 36.4 Å². The van der Waals surface area contributed by atoms with Gasteiger partial charge in [-0.3, -0.25) is 4.79 Å². The second-order valence-electron chi connectivity index (χ2n) is 3.88. The zero-order chi connectivity index (χ0) is 14.7. The number of hydrogen-bond donors (Lipinski definition) is 0. The van der Waals surface area contributed by atoms with Crippen LogP contribution in [0.3, 0.4) is 0 Å². The van der Waals surface area contributed by atoms with E-state index in [0.29, 0.717) is 0 Å². The first-order valence-corrected chi connectivity index (χ1v) is 5.54. The van der Waals surface area contributed by atoms with Gasteiger partial charge in [0, 0.05) is 6.07 Å². The van der Waals surface area contributed by atoms with E-state index < -0.39 is 47.0 Å². The number of benzene rings is 2. The number of carbonyl (C=O) groups excluding carboxylic acids is 1. The van der Waals surface area contributed by atoms with Crippen LogP contribution in [0.4, 0.5) is 17.6 Å². The van der Waals surface area contributed by atoms with Gasteiger partial charge < -0.3 is 4.74 Å². The van der Waals surface area contributed by atoms with Crippen molar-refractivity contribution in [3.05, 3.63) is 65.2 Å². The van der Waals surface area contributed by atoms with Crippen LogP contribution < -0.4 is 4.74 Å². The molecule has 0 spiro atoms. The number of ketones is 1. The molecule has 0 amide bonds. The molecule has 0 heterocycles. The Kier molecular flexibility index (Phi) is 4.02. The first kappa shape index (κ1) is 14.0. The molecule has 0 atom stereocenters. The van der Waals surface area contributed by atoms with Crippen LogP contribution in [0, 0.1) is 23.3 Å². The summed E-state index contributed by atoms with van der Waals surface area (Å²) in [6, 6.07) is 5.37. The van der Waals surface area contributed by atoms with Gasteiger partial charge in [0.05, 0.1) is 5.56 Å². The summed E-state index contributed by atoms with van der Waals surface area (Å²) in [7, 11) is 0. The minimum absolute atomic E-state index is 0.505. The maximum absolute atomic E-state index is 13.3. The summed E-state index contributed by atoms with van der Waals surface area (Å²) in [5.41, 5.74) is -0.774. The predicted molar refractivity (Wildman–Crippen MR) is 62.5 cm³/mol. The number of halogens is 4. The highest BCUT2D eigenvalue weighted by Crippen LogP contribution is 2.19. The Morgan fingerprint density at radius 2 is 1.60 bits per heavy atom. The van der Waals surface area contributed by atoms with Gasteiger partial charge in [0.1, 0.15) is 17.5 Å². The SMILES string of the molecule is O=C(COc1cc(F)ccc1F)c1c(F)cccc1F. The van der Waals surface area contributed by atoms with Crippen LogP contribution >= 0.6 is 0 Å². The number of carbonyl (C=O) groups is 1. The molecular weight excluding hydrogens is 276 g/mol. The molecule has 0 aliphatic carbocycles. The topological polar surface area (TPSA) is 26.3 Å². The Labute approximate surface area is 111 Å². The third-order valence-electron chi connectivity index (χ3n) is 2.49. The molecule has 2 aromatic carbocycles. The monoisotopic (exact) mass is 284 g/mol. The normalized spacial score (nSPS) is 10.4. The summed E-state index contributed by atoms with van der Waals surface area (Å²) in [5, 5.41) is 0. The highest BCUT2D eigenvalue weighted by molar-refractivity contribution is 5.97. The third-order valence-corrected chi connectivity index (χ3v) is 2.49. The van der Waals surface area contributed by atoms with Crippen molar-refractivity contribution < 1.29 is 27.1 Å². The first-order chi connectivity index (χ1) is 9.49. The molecule has 6 heteroatoms. The first-order valence-electron chi connectivity index (χ1n) is 5.54. The predicted octanol–water partition coefficient (Wildman–Crippen LogP) is 3.50. The lowest BCUT2D eigenvalue weighted by molar-refractivity contribution is 0.0910. The molecule has 0 saturated carbocycles. The summed E-state index contributed by atoms with van der Waals surface area (Å²) in [6.07, 6.45) is 0. The van der Waals surface area contributed by atoms with E-state index in [1.165, 1.54) is 0 Å². The maximum Gasteiger partial charge on any atom is 0.206 e. The second-order valence-corrected chi connectivity index (χ2v) is 3.88. The molecule has 2 aromatic rings. The van der Waals surface area contributed by atoms with Crippen molar-refractivity contribution in [2.45, 2.75) is 0 Å². The molecule has 0 unspecified atom stereocenters. The molecular formula is C14H8F4O2. The molecule has 2 nitrogen and oxygen atoms in total. The average Bonchev–Trinajstić information content (AvgIpc) is 2.39. The van der Waals surface area contributed by atoms with Crippen molar-refractivity contribution in [2.75, 3.05) is 6.61 Å². The van der Waals surface area contributed by atoms with E-state index in [2.05, 4.69) is 0 Å². The Hall–Kier alpha value is -2.37. The fourth-order valence-electron chi connectivity index (χ4n) is 1.57. The molecule has 0 saturated heterocycles. The molecule has 0 aromatic heterocycles. The number of rotatable bonds is 4. The molecule has 20 heavy (non-hydrogen) atoms. The minimum atomic E-state index is -1.04. The van der Waals surface area contributed by atoms with E-state index in [-0.39, 0.29) is 0 Å². The molecule has 2 rings (SSSR count). The molecule has 0 radical (unpaired) electrons. The van der Waals surface area contributed by atoms with E-state index >= 15 is 0 Å². The lowest BCUT2D eigenvalue weighted by Crippen LogP contribution is -2.15. The van der Waals surface area contributed by atoms with Crippen molar-refractivity contribution in [1.82, 2.24) is 0 Å². The standard InChI is InChI=1S/C14H8F4O2/c15-8-4-5-9(16)13(6-8)20-7-12(19)14-10(17)2-1-3-11(14)18/h1-6H,7H2. The summed E-state index contributed by atoms with van der Waals surface area (Å²) >= 11 is 0. The van der Waals surface area contributed by atoms with Gasteiger partial charge in [-0.15, -0.1) is 0 Å². The van der Waals surface area contributed by atoms with Crippen LogP contribution in [-0.2, 0) is 0 Å². The van der Waals surface area contributed by atoms with Gasteiger partial charge in [0.2, 0.25) is 5.78 Å². The van der Waals surface area contributed by atoms with Gasteiger partial charge in [0.25, 0.3) is 0 Å². The summed E-state index contributed by atoms with van der Waals surface area (Å²) in [6.45, 7) is -0.807. The van der Waals surface area contributed by atoms with E-state index in [4.69, 9.17) is 4.74 Å². The maximum atomic E-state index is 13.3. The van der Waals surface area contributed by atoms with Crippen LogP contribution in [-0.4, -0.2) is 12.4 Å². The Morgan fingerprint density at radius 3 is 2.25 bits per heavy atom. The summed E-state index contributed by atoms with van der Waals surface area (Å²) in [5.74, 6) is -5.24. The minimum Gasteiger partial charge on any atom is -0.482 e. The molecule has 0 N–H and O–H groups in total. The fraction of sp³-hybridized carbons (Fsp3) is 0.0714. The summed E-state index contributed by atoms with van der Waals surface area (Å²) in [4.78, 5) is 11.6. The van der Waals surface area contributed by atoms with E-state index in [1.807, 2.05) is 0 Å². The fourth-order valence-corrected chi connectivity index (χ4v) is 1.57. The quantitative estimate of drug-likeness (QED) is 0.634. The smallest absolute Gasteiger partial charge is 0.206 e. The lowest BCUT2D eigenvalue weighted by atomic mass is 10.1. The van der Waals surface area contributed by atoms with Gasteiger partial charge in [-0.2, -0.15) is 0 Å². The average molecular weight is 284 g/mol. The Balaban J connectivity index is 2.15. The molecule has 104 valence electrons. The Bertz CT molecular complexity index is 635. The lowest BCUT2D eigenvalue weighted by Gasteiger charge is -2.07. The zero-order valence-electron chi connectivity index (χ0n) is 10.00. The molecule has 0 bridgehead atoms. The third kappa shape index (κ3) is 2.96. The van der Waals surface area contributed by atoms with Gasteiger partial charge in [0.15, 0.2) is 18.2 Å². The van der Waals surface area contributed by atoms with Crippen molar-refractivity contribution in [3.8, 4) is 5.75 Å². The molecule has 0 fully saturated rings. The van der Waals surface area contributed by atoms with Gasteiger partial charge in [-0.25, -0.2) is 17.6 Å². The van der Waals surface area contributed by atoms with Crippen LogP contribution in [0.5, 0.6) is 5.75 Å². The van der Waals surface area contributed by atoms with Gasteiger partial charge in [-0.1, -0.05) is 6.07 Å². The largest absolute Gasteiger partial charge is 0.482 e. The highest BCUT2D eigenvalue weighted by atomic mass is 19.1. The van der Waals surface area contributed by atoms with Crippen LogP contribution in [0.25, 0.3) is 0 Å². The second kappa shape index (κ2) is 5.73. The van der Waals surface area contributed by atoms with Crippen molar-refractivity contribution in [1.29, 1.82) is 0 Å². The number of ether oxygens (including phenoxy) is 1.